The largest absolute Gasteiger partial charge is 0.508 e. The molecule has 4 N–H and O–H groups in total. The first-order valence-electron chi connectivity index (χ1n) is 7.36. The van der Waals surface area contributed by atoms with Gasteiger partial charge in [-0.15, -0.1) is 0 Å². The van der Waals surface area contributed by atoms with E-state index in [0.717, 1.165) is 27.8 Å². The molecule has 2 aromatic rings. The van der Waals surface area contributed by atoms with Gasteiger partial charge in [-0.05, 0) is 54.3 Å². The average Bonchev–Trinajstić information content (AvgIpc) is 2.81. The summed E-state index contributed by atoms with van der Waals surface area (Å²) in [6.45, 7) is 3.71. The zero-order chi connectivity index (χ0) is 17.4. The molecule has 0 radical (unpaired) electrons. The summed E-state index contributed by atoms with van der Waals surface area (Å²) >= 11 is 0. The van der Waals surface area contributed by atoms with Crippen LogP contribution in [0.15, 0.2) is 29.8 Å². The van der Waals surface area contributed by atoms with E-state index in [2.05, 4.69) is 17.1 Å². The summed E-state index contributed by atoms with van der Waals surface area (Å²) in [6, 6.07) is 11.1. The van der Waals surface area contributed by atoms with Gasteiger partial charge in [0.2, 0.25) is 0 Å². The van der Waals surface area contributed by atoms with Crippen LogP contribution < -0.4 is 10.7 Å². The second-order valence-corrected chi connectivity index (χ2v) is 5.66. The van der Waals surface area contributed by atoms with Crippen molar-refractivity contribution in [1.29, 1.82) is 10.5 Å². The van der Waals surface area contributed by atoms with Gasteiger partial charge >= 0.3 is 0 Å². The van der Waals surface area contributed by atoms with Crippen LogP contribution in [0.5, 0.6) is 5.75 Å². The van der Waals surface area contributed by atoms with E-state index in [9.17, 15) is 15.6 Å². The number of fused-ring (bicyclic) bond motifs is 1. The van der Waals surface area contributed by atoms with Gasteiger partial charge in [-0.2, -0.15) is 10.5 Å². The lowest BCUT2D eigenvalue weighted by Crippen LogP contribution is -2.20. The minimum Gasteiger partial charge on any atom is -0.508 e. The van der Waals surface area contributed by atoms with Gasteiger partial charge in [0.25, 0.3) is 5.82 Å². The van der Waals surface area contributed by atoms with Crippen molar-refractivity contribution in [2.24, 2.45) is 0 Å². The molecule has 5 heteroatoms. The number of hydrogen-bond acceptors (Lipinski definition) is 4. The number of allylic oxidation sites excluding steroid dienone is 3. The standard InChI is InChI=1S/C19H14N4O/c1-10-14(7-12-3-5-13(24)6-4-12)17-11(2)16(9-21)19(22)23-18(17)15(10)8-20/h3-7,24H,1-2H3,(H2,22,23)/p+1/b14-7+. The molecule has 1 aromatic carbocycles. The van der Waals surface area contributed by atoms with Crippen molar-refractivity contribution < 1.29 is 10.1 Å². The Morgan fingerprint density at radius 1 is 1.12 bits per heavy atom. The molecular weight excluding hydrogens is 300 g/mol. The Balaban J connectivity index is 2.31. The number of nitriles is 2. The number of hydrogen-bond donors (Lipinski definition) is 2. The Bertz CT molecular complexity index is 1000. The third kappa shape index (κ3) is 2.20. The highest BCUT2D eigenvalue weighted by Gasteiger charge is 2.32. The number of H-pyrrole nitrogens is 1. The molecule has 1 aromatic heterocycles. The molecule has 0 bridgehead atoms. The number of aromatic nitrogens is 1. The maximum Gasteiger partial charge on any atom is 0.289 e. The van der Waals surface area contributed by atoms with Crippen molar-refractivity contribution in [1.82, 2.24) is 0 Å². The van der Waals surface area contributed by atoms with Crippen LogP contribution in [0.2, 0.25) is 0 Å². The normalized spacial score (nSPS) is 14.4. The van der Waals surface area contributed by atoms with Crippen LogP contribution in [0.4, 0.5) is 5.82 Å². The molecule has 116 valence electrons. The molecule has 0 fully saturated rings. The first kappa shape index (κ1) is 15.3. The van der Waals surface area contributed by atoms with E-state index in [1.807, 2.05) is 19.9 Å². The summed E-state index contributed by atoms with van der Waals surface area (Å²) in [5.74, 6) is 0.457. The van der Waals surface area contributed by atoms with Crippen molar-refractivity contribution >= 4 is 23.0 Å². The first-order valence-corrected chi connectivity index (χ1v) is 7.36. The van der Waals surface area contributed by atoms with Crippen LogP contribution in [-0.2, 0) is 0 Å². The third-order valence-corrected chi connectivity index (χ3v) is 4.26. The van der Waals surface area contributed by atoms with Crippen LogP contribution in [0.1, 0.15) is 34.9 Å². The SMILES string of the molecule is CC1=C(C#N)c2[nH+]c(N)c(C#N)c(C)c2/C1=C/c1ccc(O)cc1. The molecule has 0 atom stereocenters. The van der Waals surface area contributed by atoms with Crippen molar-refractivity contribution in [3.8, 4) is 17.9 Å². The number of rotatable bonds is 1. The zero-order valence-electron chi connectivity index (χ0n) is 13.3. The lowest BCUT2D eigenvalue weighted by Gasteiger charge is -2.08. The molecule has 24 heavy (non-hydrogen) atoms. The van der Waals surface area contributed by atoms with Crippen molar-refractivity contribution in [2.45, 2.75) is 13.8 Å². The third-order valence-electron chi connectivity index (χ3n) is 4.26. The first-order chi connectivity index (χ1) is 11.5. The summed E-state index contributed by atoms with van der Waals surface area (Å²) < 4.78 is 0. The quantitative estimate of drug-likeness (QED) is 0.843. The molecule has 1 aliphatic rings. The van der Waals surface area contributed by atoms with Gasteiger partial charge in [0.05, 0.1) is 0 Å². The fraction of sp³-hybridized carbons (Fsp3) is 0.105. The monoisotopic (exact) mass is 315 g/mol. The number of anilines is 1. The second kappa shape index (κ2) is 5.57. The number of aromatic hydroxyl groups is 1. The van der Waals surface area contributed by atoms with Crippen LogP contribution >= 0.6 is 0 Å². The molecule has 1 aliphatic carbocycles. The fourth-order valence-corrected chi connectivity index (χ4v) is 3.01. The lowest BCUT2D eigenvalue weighted by molar-refractivity contribution is -0.364. The maximum atomic E-state index is 9.52. The van der Waals surface area contributed by atoms with Crippen molar-refractivity contribution in [3.63, 3.8) is 0 Å². The predicted octanol–water partition coefficient (Wildman–Crippen LogP) is 2.82. The number of phenols is 1. The summed E-state index contributed by atoms with van der Waals surface area (Å²) in [4.78, 5) is 3.00. The van der Waals surface area contributed by atoms with E-state index < -0.39 is 0 Å². The molecule has 0 spiro atoms. The van der Waals surface area contributed by atoms with E-state index >= 15 is 0 Å². The van der Waals surface area contributed by atoms with Crippen LogP contribution in [-0.4, -0.2) is 5.11 Å². The topological polar surface area (TPSA) is 108 Å². The van der Waals surface area contributed by atoms with Gasteiger partial charge in [-0.3, -0.25) is 5.73 Å². The molecule has 0 aliphatic heterocycles. The van der Waals surface area contributed by atoms with Crippen LogP contribution in [0.3, 0.4) is 0 Å². The van der Waals surface area contributed by atoms with Crippen molar-refractivity contribution in [3.05, 3.63) is 57.8 Å². The van der Waals surface area contributed by atoms with Crippen LogP contribution in [0, 0.1) is 29.6 Å². The summed E-state index contributed by atoms with van der Waals surface area (Å²) in [5.41, 5.74) is 11.6. The highest BCUT2D eigenvalue weighted by Crippen LogP contribution is 2.42. The number of phenolic OH excluding ortho intramolecular Hbond substituents is 1. The Morgan fingerprint density at radius 3 is 2.38 bits per heavy atom. The van der Waals surface area contributed by atoms with Gasteiger partial charge in [0.15, 0.2) is 5.69 Å². The number of nitrogens with zero attached hydrogens (tertiary/aromatic N) is 2. The molecule has 0 unspecified atom stereocenters. The number of pyridine rings is 1. The Labute approximate surface area is 139 Å². The highest BCUT2D eigenvalue weighted by molar-refractivity contribution is 6.07. The van der Waals surface area contributed by atoms with E-state index in [4.69, 9.17) is 5.73 Å². The summed E-state index contributed by atoms with van der Waals surface area (Å²) in [6.07, 6.45) is 1.94. The maximum absolute atomic E-state index is 9.52. The molecule has 0 saturated carbocycles. The van der Waals surface area contributed by atoms with Crippen LogP contribution in [0.25, 0.3) is 17.2 Å². The van der Waals surface area contributed by atoms with Gasteiger partial charge < -0.3 is 5.11 Å². The molecule has 0 amide bonds. The van der Waals surface area contributed by atoms with Gasteiger partial charge in [-0.25, -0.2) is 4.98 Å². The van der Waals surface area contributed by atoms with E-state index in [-0.39, 0.29) is 11.6 Å². The second-order valence-electron chi connectivity index (χ2n) is 5.66. The molecular formula is C19H15N4O+. The smallest absolute Gasteiger partial charge is 0.289 e. The minimum absolute atomic E-state index is 0.193. The van der Waals surface area contributed by atoms with Crippen molar-refractivity contribution in [2.75, 3.05) is 5.73 Å². The Kier molecular flexibility index (Phi) is 3.56. The number of nitrogens with one attached hydrogen (secondary N) is 1. The molecule has 3 rings (SSSR count). The Morgan fingerprint density at radius 2 is 1.79 bits per heavy atom. The number of benzene rings is 1. The van der Waals surface area contributed by atoms with Gasteiger partial charge in [-0.1, -0.05) is 12.1 Å². The van der Waals surface area contributed by atoms with E-state index in [0.29, 0.717) is 16.8 Å². The lowest BCUT2D eigenvalue weighted by atomic mass is 9.95. The van der Waals surface area contributed by atoms with Gasteiger partial charge in [0, 0.05) is 5.56 Å². The number of nitrogens with two attached hydrogens (primary N) is 1. The summed E-state index contributed by atoms with van der Waals surface area (Å²) in [5, 5.41) is 28.3. The van der Waals surface area contributed by atoms with E-state index in [1.165, 1.54) is 0 Å². The molecule has 1 heterocycles. The Hall–Kier alpha value is -3.57. The molecule has 0 saturated heterocycles. The number of aromatic amines is 1. The molecule has 5 nitrogen and oxygen atoms in total. The fourth-order valence-electron chi connectivity index (χ4n) is 3.01. The predicted molar refractivity (Wildman–Crippen MR) is 91.0 cm³/mol. The van der Waals surface area contributed by atoms with Gasteiger partial charge in [0.1, 0.15) is 29.0 Å². The average molecular weight is 315 g/mol. The zero-order valence-corrected chi connectivity index (χ0v) is 13.3. The van der Waals surface area contributed by atoms with E-state index in [1.54, 1.807) is 24.3 Å². The minimum atomic E-state index is 0.193. The summed E-state index contributed by atoms with van der Waals surface area (Å²) in [7, 11) is 0. The number of nitrogen functional groups attached to an aromatic ring is 1. The highest BCUT2D eigenvalue weighted by atomic mass is 16.3.